The van der Waals surface area contributed by atoms with E-state index in [0.29, 0.717) is 5.69 Å². The Kier molecular flexibility index (Phi) is 5.01. The van der Waals surface area contributed by atoms with E-state index in [9.17, 15) is 4.79 Å². The van der Waals surface area contributed by atoms with Gasteiger partial charge < -0.3 is 5.32 Å². The lowest BCUT2D eigenvalue weighted by molar-refractivity contribution is 0.0934. The zero-order valence-corrected chi connectivity index (χ0v) is 14.7. The first-order valence-electron chi connectivity index (χ1n) is 7.57. The predicted octanol–water partition coefficient (Wildman–Crippen LogP) is 4.40. The van der Waals surface area contributed by atoms with Gasteiger partial charge in [0.1, 0.15) is 5.69 Å². The third-order valence-electron chi connectivity index (χ3n) is 3.73. The lowest BCUT2D eigenvalue weighted by Gasteiger charge is -2.18. The Bertz CT molecular complexity index is 835. The number of amides is 1. The monoisotopic (exact) mass is 381 g/mol. The van der Waals surface area contributed by atoms with Crippen molar-refractivity contribution in [3.63, 3.8) is 0 Å². The second kappa shape index (κ2) is 7.36. The fourth-order valence-electron chi connectivity index (χ4n) is 2.53. The molecule has 3 aromatic rings. The Hall–Kier alpha value is -2.53. The summed E-state index contributed by atoms with van der Waals surface area (Å²) >= 11 is 3.45. The molecule has 0 bridgehead atoms. The average Bonchev–Trinajstić information content (AvgIpc) is 2.63. The summed E-state index contributed by atoms with van der Waals surface area (Å²) in [4.78, 5) is 20.3. The first-order valence-corrected chi connectivity index (χ1v) is 8.36. The smallest absolute Gasteiger partial charge is 0.271 e. The lowest BCUT2D eigenvalue weighted by Crippen LogP contribution is -2.27. The summed E-state index contributed by atoms with van der Waals surface area (Å²) in [5.74, 6) is -0.235. The number of carbonyl (C=O) groups is 1. The van der Waals surface area contributed by atoms with Crippen LogP contribution in [0.1, 0.15) is 29.0 Å². The van der Waals surface area contributed by atoms with E-state index in [-0.39, 0.29) is 11.9 Å². The van der Waals surface area contributed by atoms with Gasteiger partial charge in [-0.15, -0.1) is 0 Å². The first kappa shape index (κ1) is 16.3. The number of carbonyl (C=O) groups excluding carboxylic acids is 1. The van der Waals surface area contributed by atoms with Gasteiger partial charge >= 0.3 is 0 Å². The van der Waals surface area contributed by atoms with Crippen LogP contribution in [-0.2, 0) is 0 Å². The molecule has 5 heteroatoms. The Labute approximate surface area is 149 Å². The van der Waals surface area contributed by atoms with Crippen LogP contribution in [-0.4, -0.2) is 15.9 Å². The second-order valence-corrected chi connectivity index (χ2v) is 6.30. The average molecular weight is 382 g/mol. The van der Waals surface area contributed by atoms with Gasteiger partial charge in [0, 0.05) is 16.9 Å². The van der Waals surface area contributed by atoms with E-state index < -0.39 is 0 Å². The molecule has 0 saturated heterocycles. The topological polar surface area (TPSA) is 54.9 Å². The van der Waals surface area contributed by atoms with Gasteiger partial charge in [-0.1, -0.05) is 52.3 Å². The van der Waals surface area contributed by atoms with Crippen LogP contribution >= 0.6 is 15.9 Å². The molecule has 3 rings (SSSR count). The molecule has 1 atom stereocenters. The summed E-state index contributed by atoms with van der Waals surface area (Å²) < 4.78 is 1.03. The molecule has 0 aliphatic carbocycles. The molecule has 1 heterocycles. The fraction of sp³-hybridized carbons (Fsp3) is 0.105. The molecule has 0 saturated carbocycles. The molecule has 0 fully saturated rings. The molecule has 1 N–H and O–H groups in total. The van der Waals surface area contributed by atoms with Crippen molar-refractivity contribution < 1.29 is 4.79 Å². The van der Waals surface area contributed by atoms with E-state index in [0.717, 1.165) is 21.2 Å². The van der Waals surface area contributed by atoms with Crippen molar-refractivity contribution in [1.82, 2.24) is 15.3 Å². The number of rotatable bonds is 4. The fourth-order valence-corrected chi connectivity index (χ4v) is 2.80. The van der Waals surface area contributed by atoms with Crippen LogP contribution in [0, 0.1) is 0 Å². The molecule has 2 aromatic carbocycles. The van der Waals surface area contributed by atoms with Crippen LogP contribution in [0.4, 0.5) is 0 Å². The number of nitrogens with one attached hydrogen (secondary N) is 1. The molecule has 0 aliphatic rings. The largest absolute Gasteiger partial charge is 0.344 e. The maximum Gasteiger partial charge on any atom is 0.271 e. The van der Waals surface area contributed by atoms with Gasteiger partial charge in [-0.2, -0.15) is 0 Å². The van der Waals surface area contributed by atoms with E-state index in [4.69, 9.17) is 0 Å². The van der Waals surface area contributed by atoms with Crippen molar-refractivity contribution in [3.8, 4) is 11.1 Å². The third kappa shape index (κ3) is 3.68. The van der Waals surface area contributed by atoms with Crippen molar-refractivity contribution in [2.45, 2.75) is 13.0 Å². The number of halogens is 1. The molecule has 120 valence electrons. The molecular formula is C19H16BrN3O. The van der Waals surface area contributed by atoms with Crippen LogP contribution in [0.3, 0.4) is 0 Å². The summed E-state index contributed by atoms with van der Waals surface area (Å²) in [7, 11) is 0. The molecule has 1 aromatic heterocycles. The van der Waals surface area contributed by atoms with Gasteiger partial charge in [0.05, 0.1) is 12.2 Å². The quantitative estimate of drug-likeness (QED) is 0.728. The maximum absolute atomic E-state index is 12.3. The number of aromatic nitrogens is 2. The van der Waals surface area contributed by atoms with E-state index in [2.05, 4.69) is 49.4 Å². The zero-order valence-electron chi connectivity index (χ0n) is 13.1. The Morgan fingerprint density at radius 2 is 1.83 bits per heavy atom. The van der Waals surface area contributed by atoms with Gasteiger partial charge in [0.25, 0.3) is 5.91 Å². The minimum atomic E-state index is -0.235. The van der Waals surface area contributed by atoms with Gasteiger partial charge in [0.15, 0.2) is 0 Å². The summed E-state index contributed by atoms with van der Waals surface area (Å²) in [5, 5.41) is 2.98. The minimum Gasteiger partial charge on any atom is -0.344 e. The van der Waals surface area contributed by atoms with Crippen molar-refractivity contribution in [2.24, 2.45) is 0 Å². The van der Waals surface area contributed by atoms with Gasteiger partial charge in [0.2, 0.25) is 0 Å². The van der Waals surface area contributed by atoms with E-state index in [1.807, 2.05) is 37.3 Å². The van der Waals surface area contributed by atoms with Crippen LogP contribution < -0.4 is 5.32 Å². The van der Waals surface area contributed by atoms with Crippen LogP contribution in [0.15, 0.2) is 71.6 Å². The zero-order chi connectivity index (χ0) is 16.9. The summed E-state index contributed by atoms with van der Waals surface area (Å²) in [5.41, 5.74) is 3.56. The van der Waals surface area contributed by atoms with E-state index in [1.54, 1.807) is 6.20 Å². The molecule has 4 nitrogen and oxygen atoms in total. The molecule has 0 spiro atoms. The molecule has 1 amide bonds. The Balaban J connectivity index is 1.86. The van der Waals surface area contributed by atoms with Gasteiger partial charge in [-0.3, -0.25) is 9.78 Å². The van der Waals surface area contributed by atoms with E-state index >= 15 is 0 Å². The predicted molar refractivity (Wildman–Crippen MR) is 97.5 cm³/mol. The molecular weight excluding hydrogens is 366 g/mol. The van der Waals surface area contributed by atoms with Crippen LogP contribution in [0.25, 0.3) is 11.1 Å². The highest BCUT2D eigenvalue weighted by molar-refractivity contribution is 9.10. The summed E-state index contributed by atoms with van der Waals surface area (Å²) in [6.07, 6.45) is 4.51. The van der Waals surface area contributed by atoms with Crippen molar-refractivity contribution in [2.75, 3.05) is 0 Å². The van der Waals surface area contributed by atoms with Crippen molar-refractivity contribution in [3.05, 3.63) is 82.9 Å². The summed E-state index contributed by atoms with van der Waals surface area (Å²) in [6.45, 7) is 1.96. The number of hydrogen-bond acceptors (Lipinski definition) is 3. The molecule has 0 radical (unpaired) electrons. The highest BCUT2D eigenvalue weighted by Gasteiger charge is 2.15. The molecule has 1 unspecified atom stereocenters. The highest BCUT2D eigenvalue weighted by Crippen LogP contribution is 2.29. The lowest BCUT2D eigenvalue weighted by atomic mass is 9.95. The molecule has 0 aliphatic heterocycles. The SMILES string of the molecule is CC(NC(=O)c1cnccn1)c1ccccc1-c1ccc(Br)cc1. The molecule has 24 heavy (non-hydrogen) atoms. The standard InChI is InChI=1S/C19H16BrN3O/c1-13(23-19(24)18-12-21-10-11-22-18)16-4-2-3-5-17(16)14-6-8-15(20)9-7-14/h2-13H,1H3,(H,23,24). The summed E-state index contributed by atoms with van der Waals surface area (Å²) in [6, 6.07) is 16.0. The van der Waals surface area contributed by atoms with Crippen molar-refractivity contribution in [1.29, 1.82) is 0 Å². The number of nitrogens with zero attached hydrogens (tertiary/aromatic N) is 2. The number of hydrogen-bond donors (Lipinski definition) is 1. The Morgan fingerprint density at radius 1 is 1.08 bits per heavy atom. The van der Waals surface area contributed by atoms with Gasteiger partial charge in [-0.25, -0.2) is 4.98 Å². The first-order chi connectivity index (χ1) is 11.6. The number of benzene rings is 2. The third-order valence-corrected chi connectivity index (χ3v) is 4.25. The van der Waals surface area contributed by atoms with Crippen LogP contribution in [0.5, 0.6) is 0 Å². The van der Waals surface area contributed by atoms with Crippen LogP contribution in [0.2, 0.25) is 0 Å². The maximum atomic E-state index is 12.3. The Morgan fingerprint density at radius 3 is 2.54 bits per heavy atom. The normalized spacial score (nSPS) is 11.8. The second-order valence-electron chi connectivity index (χ2n) is 5.38. The van der Waals surface area contributed by atoms with Crippen molar-refractivity contribution >= 4 is 21.8 Å². The highest BCUT2D eigenvalue weighted by atomic mass is 79.9. The minimum absolute atomic E-state index is 0.153. The van der Waals surface area contributed by atoms with Gasteiger partial charge in [-0.05, 0) is 35.7 Å². The van der Waals surface area contributed by atoms with E-state index in [1.165, 1.54) is 12.4 Å².